The van der Waals surface area contributed by atoms with Gasteiger partial charge in [-0.05, 0) is 45.8 Å². The van der Waals surface area contributed by atoms with Gasteiger partial charge in [-0.15, -0.1) is 0 Å². The summed E-state index contributed by atoms with van der Waals surface area (Å²) in [6.45, 7) is 0.565. The van der Waals surface area contributed by atoms with Crippen molar-refractivity contribution in [3.63, 3.8) is 0 Å². The van der Waals surface area contributed by atoms with Gasteiger partial charge in [0.1, 0.15) is 0 Å². The standard InChI is InChI=1S/C15H13BrN2S/c16-12-7-10(9-17)5-6-14(12)19-15-8-11-3-1-2-4-13(11)18-15/h1-8,18H,9,17H2. The quantitative estimate of drug-likeness (QED) is 0.739. The van der Waals surface area contributed by atoms with E-state index in [-0.39, 0.29) is 0 Å². The predicted molar refractivity (Wildman–Crippen MR) is 84.5 cm³/mol. The van der Waals surface area contributed by atoms with E-state index in [0.29, 0.717) is 6.54 Å². The smallest absolute Gasteiger partial charge is 0.0781 e. The maximum absolute atomic E-state index is 5.64. The summed E-state index contributed by atoms with van der Waals surface area (Å²) in [6, 6.07) is 16.7. The van der Waals surface area contributed by atoms with E-state index in [4.69, 9.17) is 5.73 Å². The molecule has 4 heteroatoms. The Labute approximate surface area is 124 Å². The third-order valence-corrected chi connectivity index (χ3v) is 4.89. The van der Waals surface area contributed by atoms with Crippen LogP contribution in [0.15, 0.2) is 62.9 Å². The van der Waals surface area contributed by atoms with Crippen LogP contribution in [0.5, 0.6) is 0 Å². The highest BCUT2D eigenvalue weighted by Crippen LogP contribution is 2.34. The molecule has 0 saturated heterocycles. The van der Waals surface area contributed by atoms with Crippen molar-refractivity contribution in [2.45, 2.75) is 16.5 Å². The van der Waals surface area contributed by atoms with Crippen molar-refractivity contribution in [2.75, 3.05) is 0 Å². The first-order valence-corrected chi connectivity index (χ1v) is 7.61. The molecule has 0 aliphatic heterocycles. The van der Waals surface area contributed by atoms with Gasteiger partial charge in [-0.25, -0.2) is 0 Å². The average Bonchev–Trinajstić information content (AvgIpc) is 2.83. The lowest BCUT2D eigenvalue weighted by molar-refractivity contribution is 1.06. The lowest BCUT2D eigenvalue weighted by Gasteiger charge is -2.04. The number of benzene rings is 2. The summed E-state index contributed by atoms with van der Waals surface area (Å²) < 4.78 is 1.08. The third kappa shape index (κ3) is 2.71. The minimum absolute atomic E-state index is 0.565. The Morgan fingerprint density at radius 2 is 1.95 bits per heavy atom. The number of aromatic nitrogens is 1. The third-order valence-electron chi connectivity index (χ3n) is 2.96. The number of nitrogens with two attached hydrogens (primary N) is 1. The predicted octanol–water partition coefficient (Wildman–Crippen LogP) is 4.54. The number of hydrogen-bond acceptors (Lipinski definition) is 2. The Hall–Kier alpha value is -1.23. The van der Waals surface area contributed by atoms with E-state index in [0.717, 1.165) is 15.1 Å². The molecule has 3 N–H and O–H groups in total. The van der Waals surface area contributed by atoms with Gasteiger partial charge in [-0.1, -0.05) is 36.0 Å². The Balaban J connectivity index is 1.92. The summed E-state index contributed by atoms with van der Waals surface area (Å²) in [6.07, 6.45) is 0. The summed E-state index contributed by atoms with van der Waals surface area (Å²) in [5, 5.41) is 2.38. The van der Waals surface area contributed by atoms with Crippen molar-refractivity contribution in [3.05, 3.63) is 58.6 Å². The highest BCUT2D eigenvalue weighted by Gasteiger charge is 2.06. The van der Waals surface area contributed by atoms with Crippen LogP contribution < -0.4 is 5.73 Å². The van der Waals surface area contributed by atoms with Crippen LogP contribution in [-0.4, -0.2) is 4.98 Å². The fourth-order valence-electron chi connectivity index (χ4n) is 1.97. The van der Waals surface area contributed by atoms with Gasteiger partial charge in [0.25, 0.3) is 0 Å². The molecule has 0 spiro atoms. The van der Waals surface area contributed by atoms with Crippen molar-refractivity contribution >= 4 is 38.6 Å². The molecule has 2 aromatic carbocycles. The molecule has 0 radical (unpaired) electrons. The van der Waals surface area contributed by atoms with E-state index >= 15 is 0 Å². The molecule has 2 nitrogen and oxygen atoms in total. The minimum atomic E-state index is 0.565. The zero-order chi connectivity index (χ0) is 13.2. The number of hydrogen-bond donors (Lipinski definition) is 2. The molecule has 0 aliphatic rings. The molecule has 0 unspecified atom stereocenters. The van der Waals surface area contributed by atoms with Crippen molar-refractivity contribution in [2.24, 2.45) is 5.73 Å². The number of halogens is 1. The summed E-state index contributed by atoms with van der Waals surface area (Å²) in [7, 11) is 0. The molecule has 0 bridgehead atoms. The molecule has 0 atom stereocenters. The Kier molecular flexibility index (Phi) is 3.64. The fraction of sp³-hybridized carbons (Fsp3) is 0.0667. The molecule has 19 heavy (non-hydrogen) atoms. The van der Waals surface area contributed by atoms with Crippen LogP contribution in [0, 0.1) is 0 Å². The normalized spacial score (nSPS) is 11.1. The van der Waals surface area contributed by atoms with Crippen LogP contribution in [0.2, 0.25) is 0 Å². The topological polar surface area (TPSA) is 41.8 Å². The second-order valence-electron chi connectivity index (χ2n) is 4.29. The van der Waals surface area contributed by atoms with Crippen molar-refractivity contribution in [1.82, 2.24) is 4.98 Å². The van der Waals surface area contributed by atoms with Gasteiger partial charge in [0.15, 0.2) is 0 Å². The molecule has 0 amide bonds. The monoisotopic (exact) mass is 332 g/mol. The SMILES string of the molecule is NCc1ccc(Sc2cc3ccccc3[nH]2)c(Br)c1. The molecule has 96 valence electrons. The van der Waals surface area contributed by atoms with E-state index in [1.165, 1.54) is 15.8 Å². The maximum Gasteiger partial charge on any atom is 0.0781 e. The first-order chi connectivity index (χ1) is 9.26. The number of H-pyrrole nitrogens is 1. The lowest BCUT2D eigenvalue weighted by atomic mass is 10.2. The van der Waals surface area contributed by atoms with Crippen LogP contribution in [0.25, 0.3) is 10.9 Å². The molecule has 3 aromatic rings. The Morgan fingerprint density at radius 1 is 1.11 bits per heavy atom. The van der Waals surface area contributed by atoms with Gasteiger partial charge < -0.3 is 10.7 Å². The number of fused-ring (bicyclic) bond motifs is 1. The summed E-state index contributed by atoms with van der Waals surface area (Å²) in [5.41, 5.74) is 7.94. The van der Waals surface area contributed by atoms with E-state index < -0.39 is 0 Å². The number of nitrogens with one attached hydrogen (secondary N) is 1. The van der Waals surface area contributed by atoms with Gasteiger partial charge in [0.05, 0.1) is 5.03 Å². The summed E-state index contributed by atoms with van der Waals surface area (Å²) >= 11 is 5.31. The summed E-state index contributed by atoms with van der Waals surface area (Å²) in [4.78, 5) is 4.60. The molecule has 1 heterocycles. The van der Waals surface area contributed by atoms with Gasteiger partial charge in [-0.2, -0.15) is 0 Å². The van der Waals surface area contributed by atoms with Crippen LogP contribution in [0.1, 0.15) is 5.56 Å². The van der Waals surface area contributed by atoms with E-state index in [9.17, 15) is 0 Å². The molecule has 3 rings (SSSR count). The minimum Gasteiger partial charge on any atom is -0.349 e. The highest BCUT2D eigenvalue weighted by molar-refractivity contribution is 9.10. The number of para-hydroxylation sites is 1. The van der Waals surface area contributed by atoms with Gasteiger partial charge in [-0.3, -0.25) is 0 Å². The maximum atomic E-state index is 5.64. The first kappa shape index (κ1) is 12.8. The highest BCUT2D eigenvalue weighted by atomic mass is 79.9. The molecule has 0 aliphatic carbocycles. The van der Waals surface area contributed by atoms with Gasteiger partial charge in [0, 0.05) is 26.8 Å². The van der Waals surface area contributed by atoms with Crippen molar-refractivity contribution < 1.29 is 0 Å². The Bertz CT molecular complexity index is 688. The average molecular weight is 333 g/mol. The summed E-state index contributed by atoms with van der Waals surface area (Å²) in [5.74, 6) is 0. The van der Waals surface area contributed by atoms with Crippen molar-refractivity contribution in [1.29, 1.82) is 0 Å². The molecular formula is C15H13BrN2S. The van der Waals surface area contributed by atoms with E-state index in [1.54, 1.807) is 11.8 Å². The molecular weight excluding hydrogens is 320 g/mol. The zero-order valence-electron chi connectivity index (χ0n) is 10.2. The lowest BCUT2D eigenvalue weighted by Crippen LogP contribution is -1.95. The zero-order valence-corrected chi connectivity index (χ0v) is 12.6. The molecule has 0 fully saturated rings. The van der Waals surface area contributed by atoms with Crippen molar-refractivity contribution in [3.8, 4) is 0 Å². The van der Waals surface area contributed by atoms with Crippen LogP contribution in [0.3, 0.4) is 0 Å². The second kappa shape index (κ2) is 5.41. The number of rotatable bonds is 3. The molecule has 1 aromatic heterocycles. The van der Waals surface area contributed by atoms with Crippen LogP contribution >= 0.6 is 27.7 Å². The first-order valence-electron chi connectivity index (χ1n) is 6.00. The van der Waals surface area contributed by atoms with Gasteiger partial charge >= 0.3 is 0 Å². The van der Waals surface area contributed by atoms with E-state index in [2.05, 4.69) is 63.4 Å². The number of aromatic amines is 1. The fourth-order valence-corrected chi connectivity index (χ4v) is 3.52. The van der Waals surface area contributed by atoms with E-state index in [1.807, 2.05) is 6.07 Å². The second-order valence-corrected chi connectivity index (χ2v) is 6.23. The molecule has 0 saturated carbocycles. The van der Waals surface area contributed by atoms with Gasteiger partial charge in [0.2, 0.25) is 0 Å². The van der Waals surface area contributed by atoms with Crippen LogP contribution in [0.4, 0.5) is 0 Å². The largest absolute Gasteiger partial charge is 0.349 e. The van der Waals surface area contributed by atoms with Crippen LogP contribution in [-0.2, 0) is 6.54 Å². The Morgan fingerprint density at radius 3 is 2.68 bits per heavy atom.